The molecule has 2 aliphatic rings. The Morgan fingerprint density at radius 2 is 1.07 bits per heavy atom. The second kappa shape index (κ2) is 11.8. The number of aromatic nitrogens is 4. The predicted molar refractivity (Wildman–Crippen MR) is 226 cm³/mol. The summed E-state index contributed by atoms with van der Waals surface area (Å²) in [6.07, 6.45) is 3.76. The summed E-state index contributed by atoms with van der Waals surface area (Å²) in [7, 11) is 0. The van der Waals surface area contributed by atoms with E-state index < -0.39 is 5.41 Å². The van der Waals surface area contributed by atoms with Gasteiger partial charge in [0, 0.05) is 43.1 Å². The third-order valence-corrected chi connectivity index (χ3v) is 13.1. The number of pyridine rings is 2. The van der Waals surface area contributed by atoms with Crippen molar-refractivity contribution in [2.75, 3.05) is 0 Å². The molecular formula is C50H25N7S. The van der Waals surface area contributed by atoms with Crippen LogP contribution in [0.15, 0.2) is 162 Å². The van der Waals surface area contributed by atoms with Gasteiger partial charge in [-0.2, -0.15) is 15.8 Å². The molecule has 0 amide bonds. The first-order chi connectivity index (χ1) is 28.6. The Morgan fingerprint density at radius 1 is 0.483 bits per heavy atom. The van der Waals surface area contributed by atoms with Crippen LogP contribution in [0.1, 0.15) is 38.9 Å². The molecule has 0 N–H and O–H groups in total. The van der Waals surface area contributed by atoms with E-state index in [4.69, 9.17) is 9.97 Å². The molecule has 0 saturated carbocycles. The minimum atomic E-state index is -0.775. The molecule has 0 bridgehead atoms. The van der Waals surface area contributed by atoms with Crippen molar-refractivity contribution in [1.29, 1.82) is 15.8 Å². The molecule has 8 heteroatoms. The van der Waals surface area contributed by atoms with E-state index in [9.17, 15) is 15.8 Å². The van der Waals surface area contributed by atoms with Crippen molar-refractivity contribution < 1.29 is 0 Å². The van der Waals surface area contributed by atoms with E-state index in [1.54, 1.807) is 11.8 Å². The number of para-hydroxylation sites is 1. The van der Waals surface area contributed by atoms with Crippen LogP contribution < -0.4 is 0 Å². The lowest BCUT2D eigenvalue weighted by molar-refractivity contribution is 0.716. The fourth-order valence-electron chi connectivity index (χ4n) is 9.64. The average Bonchev–Trinajstić information content (AvgIpc) is 3.89. The number of nitriles is 3. The van der Waals surface area contributed by atoms with E-state index >= 15 is 0 Å². The van der Waals surface area contributed by atoms with Gasteiger partial charge in [-0.25, -0.2) is 0 Å². The number of hydrogen-bond acceptors (Lipinski definition) is 6. The maximum Gasteiger partial charge on any atom is 0.0991 e. The smallest absolute Gasteiger partial charge is 0.0991 e. The average molecular weight is 756 g/mol. The molecule has 1 atom stereocenters. The van der Waals surface area contributed by atoms with Crippen LogP contribution in [-0.2, 0) is 5.41 Å². The second-order valence-electron chi connectivity index (χ2n) is 14.7. The SMILES string of the molecule is N#Cc1ccc2c(c1)c1cc(C#N)ccc1n2-c1cnc2c(c1)C1(c3ccccc3Sc3c(-n4c5ccccc5c5cc(C#N)ccc54)cccc31)c1cccnc1-2. The first-order valence-corrected chi connectivity index (χ1v) is 19.6. The van der Waals surface area contributed by atoms with Crippen molar-refractivity contribution in [3.63, 3.8) is 0 Å². The van der Waals surface area contributed by atoms with Crippen LogP contribution in [-0.4, -0.2) is 19.1 Å². The van der Waals surface area contributed by atoms with E-state index in [-0.39, 0.29) is 0 Å². The van der Waals surface area contributed by atoms with E-state index in [1.807, 2.05) is 67.0 Å². The Balaban J connectivity index is 1.19. The molecule has 0 radical (unpaired) electrons. The largest absolute Gasteiger partial charge is 0.308 e. The Morgan fingerprint density at radius 3 is 1.79 bits per heavy atom. The first-order valence-electron chi connectivity index (χ1n) is 18.8. The molecule has 266 valence electrons. The molecule has 1 spiro atoms. The van der Waals surface area contributed by atoms with Crippen molar-refractivity contribution in [1.82, 2.24) is 19.1 Å². The summed E-state index contributed by atoms with van der Waals surface area (Å²) in [5, 5.41) is 33.5. The summed E-state index contributed by atoms with van der Waals surface area (Å²) in [6, 6.07) is 54.5. The summed E-state index contributed by atoms with van der Waals surface area (Å²) in [5.74, 6) is 0. The van der Waals surface area contributed by atoms with Crippen LogP contribution in [0, 0.1) is 34.0 Å². The van der Waals surface area contributed by atoms with Crippen LogP contribution in [0.3, 0.4) is 0 Å². The van der Waals surface area contributed by atoms with Gasteiger partial charge in [-0.3, -0.25) is 9.97 Å². The van der Waals surface area contributed by atoms with Crippen molar-refractivity contribution in [2.24, 2.45) is 0 Å². The van der Waals surface area contributed by atoms with Gasteiger partial charge in [-0.1, -0.05) is 66.4 Å². The monoisotopic (exact) mass is 755 g/mol. The van der Waals surface area contributed by atoms with Crippen LogP contribution in [0.4, 0.5) is 0 Å². The molecule has 6 aromatic carbocycles. The van der Waals surface area contributed by atoms with Crippen LogP contribution in [0.2, 0.25) is 0 Å². The second-order valence-corrected chi connectivity index (χ2v) is 15.8. The molecule has 0 fully saturated rings. The molecule has 12 rings (SSSR count). The maximum absolute atomic E-state index is 9.85. The number of fused-ring (bicyclic) bond motifs is 15. The molecular weight excluding hydrogens is 731 g/mol. The standard InChI is InChI=1S/C50H25N7S/c51-25-29-16-19-44-34(21-29)33-7-1-3-11-41(33)57(44)45-12-5-9-39-49(45)58-46-13-4-2-8-37(46)50(39)38-10-6-20-54-47(38)48-40(50)24-32(28-55-48)56-42-17-14-30(26-52)22-35(42)36-23-31(27-53)15-18-43(36)56/h1-24,28H. The molecule has 1 unspecified atom stereocenters. The molecule has 4 aromatic heterocycles. The molecule has 10 aromatic rings. The molecule has 0 saturated heterocycles. The van der Waals surface area contributed by atoms with Crippen molar-refractivity contribution in [2.45, 2.75) is 15.2 Å². The Bertz CT molecular complexity index is 3540. The summed E-state index contributed by atoms with van der Waals surface area (Å²) >= 11 is 1.78. The van der Waals surface area contributed by atoms with Gasteiger partial charge in [0.05, 0.1) is 91.3 Å². The first kappa shape index (κ1) is 32.3. The lowest BCUT2D eigenvalue weighted by Gasteiger charge is -2.40. The van der Waals surface area contributed by atoms with Crippen molar-refractivity contribution in [3.05, 3.63) is 191 Å². The van der Waals surface area contributed by atoms with Crippen molar-refractivity contribution in [3.8, 4) is 41.0 Å². The lowest BCUT2D eigenvalue weighted by atomic mass is 9.67. The fourth-order valence-corrected chi connectivity index (χ4v) is 10.9. The zero-order chi connectivity index (χ0) is 38.7. The number of hydrogen-bond donors (Lipinski definition) is 0. The van der Waals surface area contributed by atoms with Gasteiger partial charge in [0.1, 0.15) is 0 Å². The molecule has 58 heavy (non-hydrogen) atoms. The number of rotatable bonds is 2. The van der Waals surface area contributed by atoms with Gasteiger partial charge < -0.3 is 9.13 Å². The van der Waals surface area contributed by atoms with Gasteiger partial charge in [0.2, 0.25) is 0 Å². The topological polar surface area (TPSA) is 107 Å². The minimum absolute atomic E-state index is 0.555. The zero-order valence-electron chi connectivity index (χ0n) is 30.5. The van der Waals surface area contributed by atoms with E-state index in [0.717, 1.165) is 98.4 Å². The summed E-state index contributed by atoms with van der Waals surface area (Å²) in [4.78, 5) is 12.6. The van der Waals surface area contributed by atoms with E-state index in [2.05, 4.69) is 112 Å². The predicted octanol–water partition coefficient (Wildman–Crippen LogP) is 11.1. The molecule has 1 aliphatic heterocycles. The molecule has 1 aliphatic carbocycles. The highest BCUT2D eigenvalue weighted by atomic mass is 32.2. The normalized spacial score (nSPS) is 14.8. The van der Waals surface area contributed by atoms with E-state index in [0.29, 0.717) is 16.7 Å². The summed E-state index contributed by atoms with van der Waals surface area (Å²) in [6.45, 7) is 0. The van der Waals surface area contributed by atoms with E-state index in [1.165, 1.54) is 0 Å². The van der Waals surface area contributed by atoms with Crippen LogP contribution >= 0.6 is 11.8 Å². The Hall–Kier alpha value is -7.96. The maximum atomic E-state index is 9.85. The van der Waals surface area contributed by atoms with Gasteiger partial charge >= 0.3 is 0 Å². The Kier molecular flexibility index (Phi) is 6.56. The van der Waals surface area contributed by atoms with Crippen molar-refractivity contribution >= 4 is 55.4 Å². The minimum Gasteiger partial charge on any atom is -0.308 e. The van der Waals surface area contributed by atoms with Gasteiger partial charge in [-0.15, -0.1) is 0 Å². The highest BCUT2D eigenvalue weighted by Gasteiger charge is 2.52. The van der Waals surface area contributed by atoms with Gasteiger partial charge in [0.15, 0.2) is 0 Å². The molecule has 5 heterocycles. The number of benzene rings is 6. The number of nitrogens with zero attached hydrogens (tertiary/aromatic N) is 7. The third-order valence-electron chi connectivity index (χ3n) is 11.9. The van der Waals surface area contributed by atoms with Gasteiger partial charge in [-0.05, 0) is 102 Å². The van der Waals surface area contributed by atoms with Crippen LogP contribution in [0.25, 0.3) is 66.4 Å². The zero-order valence-corrected chi connectivity index (χ0v) is 31.3. The lowest BCUT2D eigenvalue weighted by Crippen LogP contribution is -2.32. The quantitative estimate of drug-likeness (QED) is 0.174. The highest BCUT2D eigenvalue weighted by molar-refractivity contribution is 7.99. The Labute approximate surface area is 335 Å². The third kappa shape index (κ3) is 4.10. The van der Waals surface area contributed by atoms with Gasteiger partial charge in [0.25, 0.3) is 0 Å². The summed E-state index contributed by atoms with van der Waals surface area (Å²) in [5.41, 5.74) is 12.9. The molecule has 7 nitrogen and oxygen atoms in total. The fraction of sp³-hybridized carbons (Fsp3) is 0.0200. The summed E-state index contributed by atoms with van der Waals surface area (Å²) < 4.78 is 4.54. The highest BCUT2D eigenvalue weighted by Crippen LogP contribution is 2.62. The van der Waals surface area contributed by atoms with Crippen LogP contribution in [0.5, 0.6) is 0 Å².